The smallest absolute Gasteiger partial charge is 0.305 e. The molecular weight excluding hydrogens is 839 g/mol. The van der Waals surface area contributed by atoms with Crippen molar-refractivity contribution in [1.82, 2.24) is 5.32 Å². The molecule has 0 aliphatic carbocycles. The zero-order valence-corrected chi connectivity index (χ0v) is 45.3. The van der Waals surface area contributed by atoms with Crippen molar-refractivity contribution in [2.75, 3.05) is 13.2 Å². The molecule has 2 atom stereocenters. The molecule has 0 heterocycles. The van der Waals surface area contributed by atoms with Gasteiger partial charge in [-0.2, -0.15) is 0 Å². The third-order valence-electron chi connectivity index (χ3n) is 13.5. The molecule has 2 unspecified atom stereocenters. The van der Waals surface area contributed by atoms with Crippen molar-refractivity contribution in [3.8, 4) is 0 Å². The maximum atomic E-state index is 12.4. The summed E-state index contributed by atoms with van der Waals surface area (Å²) in [6.07, 6.45) is 72.9. The molecule has 398 valence electrons. The number of hydrogen-bond acceptors (Lipinski definition) is 5. The van der Waals surface area contributed by atoms with E-state index in [1.165, 1.54) is 231 Å². The number of carbonyl (C=O) groups excluding carboxylic acids is 2. The highest BCUT2D eigenvalue weighted by Gasteiger charge is 2.18. The minimum absolute atomic E-state index is 0.00206. The van der Waals surface area contributed by atoms with Crippen molar-refractivity contribution in [3.63, 3.8) is 0 Å². The van der Waals surface area contributed by atoms with Gasteiger partial charge in [0, 0.05) is 12.8 Å². The fourth-order valence-corrected chi connectivity index (χ4v) is 8.96. The molecule has 0 aliphatic heterocycles. The third-order valence-corrected chi connectivity index (χ3v) is 13.5. The molecule has 0 aromatic carbocycles. The lowest BCUT2D eigenvalue weighted by Gasteiger charge is -2.20. The molecule has 0 aromatic heterocycles. The molecule has 0 spiro atoms. The Balaban J connectivity index is 3.41. The van der Waals surface area contributed by atoms with Crippen LogP contribution in [0.25, 0.3) is 0 Å². The SMILES string of the molecule is CCC/C=C\C/C=C\CCCCCCCC(=O)OCCCCCCCCCCCCCC/C=C\CCCCCCCCCCCCC(=O)NC(CO)C(O)/C=C/CCCCCCCCCCCC. The molecule has 0 bridgehead atoms. The highest BCUT2D eigenvalue weighted by atomic mass is 16.5. The minimum Gasteiger partial charge on any atom is -0.466 e. The van der Waals surface area contributed by atoms with Gasteiger partial charge in [0.15, 0.2) is 0 Å². The summed E-state index contributed by atoms with van der Waals surface area (Å²) in [4.78, 5) is 24.4. The highest BCUT2D eigenvalue weighted by Crippen LogP contribution is 2.16. The van der Waals surface area contributed by atoms with Gasteiger partial charge in [0.05, 0.1) is 25.4 Å². The Bertz CT molecular complexity index is 1150. The summed E-state index contributed by atoms with van der Waals surface area (Å²) >= 11 is 0. The Labute approximate surface area is 423 Å². The van der Waals surface area contributed by atoms with Gasteiger partial charge >= 0.3 is 5.97 Å². The van der Waals surface area contributed by atoms with Gasteiger partial charge in [-0.3, -0.25) is 9.59 Å². The number of allylic oxidation sites excluding steroid dienone is 7. The number of nitrogens with one attached hydrogen (secondary N) is 1. The van der Waals surface area contributed by atoms with Crippen LogP contribution in [0.5, 0.6) is 0 Å². The molecule has 68 heavy (non-hydrogen) atoms. The van der Waals surface area contributed by atoms with Gasteiger partial charge in [-0.05, 0) is 83.5 Å². The maximum absolute atomic E-state index is 12.4. The van der Waals surface area contributed by atoms with Crippen LogP contribution in [0.3, 0.4) is 0 Å². The van der Waals surface area contributed by atoms with Crippen molar-refractivity contribution >= 4 is 11.9 Å². The normalized spacial score (nSPS) is 12.9. The van der Waals surface area contributed by atoms with Crippen LogP contribution in [0, 0.1) is 0 Å². The molecule has 6 nitrogen and oxygen atoms in total. The van der Waals surface area contributed by atoms with Crippen LogP contribution < -0.4 is 5.32 Å². The van der Waals surface area contributed by atoms with E-state index in [4.69, 9.17) is 4.74 Å². The zero-order valence-electron chi connectivity index (χ0n) is 45.3. The van der Waals surface area contributed by atoms with Crippen LogP contribution in [0.4, 0.5) is 0 Å². The van der Waals surface area contributed by atoms with Crippen molar-refractivity contribution < 1.29 is 24.5 Å². The number of aliphatic hydroxyl groups is 2. The molecule has 3 N–H and O–H groups in total. The Hall–Kier alpha value is -2.18. The second-order valence-corrected chi connectivity index (χ2v) is 20.3. The first kappa shape index (κ1) is 65.8. The largest absolute Gasteiger partial charge is 0.466 e. The number of unbranched alkanes of at least 4 members (excludes halogenated alkanes) is 38. The first-order chi connectivity index (χ1) is 33.5. The van der Waals surface area contributed by atoms with E-state index < -0.39 is 12.1 Å². The van der Waals surface area contributed by atoms with E-state index in [0.29, 0.717) is 19.4 Å². The van der Waals surface area contributed by atoms with Gasteiger partial charge in [-0.15, -0.1) is 0 Å². The molecule has 0 radical (unpaired) electrons. The number of esters is 1. The van der Waals surface area contributed by atoms with Gasteiger partial charge in [-0.1, -0.05) is 262 Å². The van der Waals surface area contributed by atoms with E-state index in [-0.39, 0.29) is 18.5 Å². The van der Waals surface area contributed by atoms with E-state index in [1.54, 1.807) is 6.08 Å². The van der Waals surface area contributed by atoms with Gasteiger partial charge in [-0.25, -0.2) is 0 Å². The predicted molar refractivity (Wildman–Crippen MR) is 296 cm³/mol. The third kappa shape index (κ3) is 53.2. The topological polar surface area (TPSA) is 95.9 Å². The van der Waals surface area contributed by atoms with Gasteiger partial charge in [0.25, 0.3) is 0 Å². The second-order valence-electron chi connectivity index (χ2n) is 20.3. The summed E-state index contributed by atoms with van der Waals surface area (Å²) in [5.74, 6) is -0.0729. The van der Waals surface area contributed by atoms with E-state index in [9.17, 15) is 19.8 Å². The highest BCUT2D eigenvalue weighted by molar-refractivity contribution is 5.76. The average molecular weight is 955 g/mol. The molecule has 0 fully saturated rings. The molecule has 0 aromatic rings. The quantitative estimate of drug-likeness (QED) is 0.0321. The van der Waals surface area contributed by atoms with Crippen molar-refractivity contribution in [1.29, 1.82) is 0 Å². The fraction of sp³-hybridized carbons (Fsp3) is 0.839. The first-order valence-electron chi connectivity index (χ1n) is 29.9. The number of aliphatic hydroxyl groups excluding tert-OH is 2. The Morgan fingerprint density at radius 2 is 0.765 bits per heavy atom. The number of amides is 1. The molecular formula is C62H115NO5. The zero-order chi connectivity index (χ0) is 49.3. The average Bonchev–Trinajstić information content (AvgIpc) is 3.34. The van der Waals surface area contributed by atoms with Crippen LogP contribution in [-0.2, 0) is 14.3 Å². The van der Waals surface area contributed by atoms with E-state index in [0.717, 1.165) is 51.4 Å². The Morgan fingerprint density at radius 3 is 1.19 bits per heavy atom. The summed E-state index contributed by atoms with van der Waals surface area (Å²) in [5.41, 5.74) is 0. The van der Waals surface area contributed by atoms with E-state index in [2.05, 4.69) is 55.6 Å². The van der Waals surface area contributed by atoms with Gasteiger partial charge in [0.2, 0.25) is 5.91 Å². The molecule has 0 saturated carbocycles. The van der Waals surface area contributed by atoms with E-state index >= 15 is 0 Å². The summed E-state index contributed by atoms with van der Waals surface area (Å²) in [5, 5.41) is 23.0. The fourth-order valence-electron chi connectivity index (χ4n) is 8.96. The van der Waals surface area contributed by atoms with Crippen molar-refractivity contribution in [2.45, 2.75) is 321 Å². The van der Waals surface area contributed by atoms with Gasteiger partial charge < -0.3 is 20.3 Å². The first-order valence-corrected chi connectivity index (χ1v) is 29.9. The number of carbonyl (C=O) groups is 2. The molecule has 0 aliphatic rings. The molecule has 0 rings (SSSR count). The van der Waals surface area contributed by atoms with Gasteiger partial charge in [0.1, 0.15) is 0 Å². The standard InChI is InChI=1S/C62H115NO5/c1-3-5-7-9-11-13-15-31-36-40-44-48-52-56-62(67)68-57-53-49-45-41-37-33-30-28-26-24-22-20-18-17-19-21-23-25-27-29-32-35-39-43-47-51-55-61(66)63-59(58-64)60(65)54-50-46-42-38-34-16-14-12-10-8-6-4-2/h7,9,13,15,17,19,50,54,59-60,64-65H,3-6,8,10-12,14,16,18,20-49,51-53,55-58H2,1-2H3,(H,63,66)/b9-7-,15-13-,19-17-,54-50+. The monoisotopic (exact) mass is 954 g/mol. The van der Waals surface area contributed by atoms with Crippen molar-refractivity contribution in [3.05, 3.63) is 48.6 Å². The second kappa shape index (κ2) is 57.4. The van der Waals surface area contributed by atoms with Crippen LogP contribution in [-0.4, -0.2) is 47.4 Å². The summed E-state index contributed by atoms with van der Waals surface area (Å²) in [7, 11) is 0. The summed E-state index contributed by atoms with van der Waals surface area (Å²) < 4.78 is 5.46. The lowest BCUT2D eigenvalue weighted by atomic mass is 10.0. The van der Waals surface area contributed by atoms with Crippen LogP contribution in [0.1, 0.15) is 309 Å². The van der Waals surface area contributed by atoms with E-state index in [1.807, 2.05) is 6.08 Å². The van der Waals surface area contributed by atoms with Crippen LogP contribution in [0.15, 0.2) is 48.6 Å². The Kier molecular flexibility index (Phi) is 55.6. The number of ether oxygens (including phenoxy) is 1. The van der Waals surface area contributed by atoms with Crippen LogP contribution >= 0.6 is 0 Å². The van der Waals surface area contributed by atoms with Crippen molar-refractivity contribution in [2.24, 2.45) is 0 Å². The lowest BCUT2D eigenvalue weighted by molar-refractivity contribution is -0.143. The maximum Gasteiger partial charge on any atom is 0.305 e. The summed E-state index contributed by atoms with van der Waals surface area (Å²) in [6, 6.07) is -0.629. The number of hydrogen-bond donors (Lipinski definition) is 3. The lowest BCUT2D eigenvalue weighted by Crippen LogP contribution is -2.45. The summed E-state index contributed by atoms with van der Waals surface area (Å²) in [6.45, 7) is 4.83. The molecule has 1 amide bonds. The predicted octanol–water partition coefficient (Wildman–Crippen LogP) is 18.6. The Morgan fingerprint density at radius 1 is 0.412 bits per heavy atom. The molecule has 6 heteroatoms. The minimum atomic E-state index is -0.845. The molecule has 0 saturated heterocycles. The number of rotatable bonds is 55. The van der Waals surface area contributed by atoms with Crippen LogP contribution in [0.2, 0.25) is 0 Å².